The maximum absolute atomic E-state index is 15.6. The van der Waals surface area contributed by atoms with Gasteiger partial charge in [0.05, 0.1) is 81.0 Å². The van der Waals surface area contributed by atoms with Crippen molar-refractivity contribution in [2.45, 2.75) is 13.1 Å². The van der Waals surface area contributed by atoms with Gasteiger partial charge in [-0.25, -0.2) is 9.69 Å². The summed E-state index contributed by atoms with van der Waals surface area (Å²) in [5, 5.41) is 33.8. The van der Waals surface area contributed by atoms with Crippen LogP contribution in [0.3, 0.4) is 0 Å². The zero-order valence-corrected chi connectivity index (χ0v) is 40.8. The van der Waals surface area contributed by atoms with Gasteiger partial charge in [-0.05, 0) is 154 Å². The van der Waals surface area contributed by atoms with Crippen LogP contribution < -0.4 is 0 Å². The van der Waals surface area contributed by atoms with Crippen molar-refractivity contribution in [1.29, 1.82) is 15.8 Å². The van der Waals surface area contributed by atoms with Crippen LogP contribution in [0.25, 0.3) is 120 Å². The maximum atomic E-state index is 15.6. The number of nitriles is 3. The average molecular weight is 996 g/mol. The van der Waals surface area contributed by atoms with E-state index in [4.69, 9.17) is 13.1 Å². The molecule has 0 bridgehead atoms. The molecule has 0 N–H and O–H groups in total. The lowest BCUT2D eigenvalue weighted by Gasteiger charge is -2.22. The highest BCUT2D eigenvalue weighted by atomic mass is 19.4. The Kier molecular flexibility index (Phi) is 11.3. The average Bonchev–Trinajstić information content (AvgIpc) is 4.19. The molecule has 10 aromatic carbocycles. The molecule has 0 fully saturated rings. The molecule has 0 unspecified atom stereocenters. The Bertz CT molecular complexity index is 4410. The van der Waals surface area contributed by atoms with Crippen LogP contribution >= 0.6 is 0 Å². The third kappa shape index (κ3) is 8.06. The molecule has 0 aliphatic rings. The quantitative estimate of drug-likeness (QED) is 0.149. The molecule has 10 heteroatoms. The zero-order chi connectivity index (χ0) is 53.1. The first-order valence-corrected chi connectivity index (χ1v) is 24.4. The molecule has 0 spiro atoms. The Hall–Kier alpha value is -11.0. The normalized spacial score (nSPS) is 11.3. The Balaban J connectivity index is 1.17. The number of alkyl halides is 3. The van der Waals surface area contributed by atoms with Gasteiger partial charge in [-0.15, -0.1) is 0 Å². The molecule has 12 rings (SSSR count). The van der Waals surface area contributed by atoms with Crippen molar-refractivity contribution in [2.24, 2.45) is 0 Å². The van der Waals surface area contributed by atoms with E-state index in [1.165, 1.54) is 6.07 Å². The van der Waals surface area contributed by atoms with E-state index in [0.29, 0.717) is 61.5 Å². The van der Waals surface area contributed by atoms with Gasteiger partial charge < -0.3 is 9.13 Å². The maximum Gasteiger partial charge on any atom is 0.417 e. The minimum atomic E-state index is -4.76. The molecule has 7 nitrogen and oxygen atoms in total. The molecule has 2 heterocycles. The third-order valence-corrected chi connectivity index (χ3v) is 14.4. The number of rotatable bonds is 7. The van der Waals surface area contributed by atoms with Crippen molar-refractivity contribution in [1.82, 2.24) is 9.13 Å². The van der Waals surface area contributed by atoms with Gasteiger partial charge in [0.25, 0.3) is 0 Å². The first-order chi connectivity index (χ1) is 37.5. The van der Waals surface area contributed by atoms with Gasteiger partial charge in [0.1, 0.15) is 6.07 Å². The number of aromatic nitrogens is 2. The lowest BCUT2D eigenvalue weighted by molar-refractivity contribution is -0.137. The summed E-state index contributed by atoms with van der Waals surface area (Å²) in [5.74, 6) is 0. The second kappa shape index (κ2) is 18.5. The lowest BCUT2D eigenvalue weighted by atomic mass is 9.91. The number of nitrogens with zero attached hydrogens (tertiary/aromatic N) is 7. The fourth-order valence-electron chi connectivity index (χ4n) is 10.7. The minimum absolute atomic E-state index is 0.0322. The van der Waals surface area contributed by atoms with Crippen LogP contribution in [0.15, 0.2) is 200 Å². The summed E-state index contributed by atoms with van der Waals surface area (Å²) in [4.78, 5) is 7.13. The van der Waals surface area contributed by atoms with Crippen molar-refractivity contribution < 1.29 is 13.2 Å². The van der Waals surface area contributed by atoms with Gasteiger partial charge in [-0.3, -0.25) is 0 Å². The smallest absolute Gasteiger partial charge is 0.309 e. The van der Waals surface area contributed by atoms with Gasteiger partial charge in [0.2, 0.25) is 0 Å². The Morgan fingerprint density at radius 1 is 0.416 bits per heavy atom. The van der Waals surface area contributed by atoms with Crippen LogP contribution in [0, 0.1) is 54.1 Å². The van der Waals surface area contributed by atoms with Crippen molar-refractivity contribution in [2.75, 3.05) is 0 Å². The van der Waals surface area contributed by atoms with Crippen molar-refractivity contribution >= 4 is 55.0 Å². The predicted molar refractivity (Wildman–Crippen MR) is 299 cm³/mol. The number of benzene rings is 10. The SMILES string of the molecule is [C-]#[N+]c1ccc(-c2ccc3c(c2)c2cc(-c4ccc([N+]#[C-])cc4)ccc2n3-c2cc(-c3c(C)cccc3C(F)(F)F)c(-n3c4ccc(-c5ccc(C#N)cc5)cc4c4cc(-c5ccc(C#N)cc5)ccc43)cc2C#N)cc1. The number of hydrogen-bond acceptors (Lipinski definition) is 3. The molecule has 0 amide bonds. The van der Waals surface area contributed by atoms with E-state index in [-0.39, 0.29) is 16.7 Å². The summed E-state index contributed by atoms with van der Waals surface area (Å²) >= 11 is 0. The van der Waals surface area contributed by atoms with Crippen molar-refractivity contribution in [3.05, 3.63) is 251 Å². The molecule has 0 radical (unpaired) electrons. The molecule has 0 saturated heterocycles. The van der Waals surface area contributed by atoms with Crippen LogP contribution in [0.2, 0.25) is 0 Å². The summed E-state index contributed by atoms with van der Waals surface area (Å²) < 4.78 is 50.9. The topological polar surface area (TPSA) is 89.9 Å². The molecular weight excluding hydrogens is 960 g/mol. The molecule has 12 aromatic rings. The van der Waals surface area contributed by atoms with E-state index in [2.05, 4.69) is 40.0 Å². The molecule has 2 aromatic heterocycles. The first-order valence-electron chi connectivity index (χ1n) is 24.4. The standard InChI is InChI=1S/C67H36F3N7/c1-40-5-4-6-59(67(68,69)70)66(40)58-36-64(76-60-27-19-49(45-15-23-52(74-2)24-16-45)33-54(60)55-34-50(20-28-61(55)76)46-17-25-53(75-3)26-18-46)51(39-73)35-65(58)77-62-29-21-47(43-11-7-41(37-71)8-12-43)31-56(62)57-32-48(22-30-63(57)77)44-13-9-42(38-72)10-14-44/h4-36H,1H3. The number of fused-ring (bicyclic) bond motifs is 6. The summed E-state index contributed by atoms with van der Waals surface area (Å²) in [7, 11) is 0. The molecule has 0 aliphatic heterocycles. The summed E-state index contributed by atoms with van der Waals surface area (Å²) in [5.41, 5.74) is 12.5. The number of aryl methyl sites for hydroxylation is 1. The van der Waals surface area contributed by atoms with Gasteiger partial charge >= 0.3 is 6.18 Å². The second-order valence-corrected chi connectivity index (χ2v) is 18.8. The van der Waals surface area contributed by atoms with E-state index in [1.807, 2.05) is 118 Å². The fourth-order valence-corrected chi connectivity index (χ4v) is 10.7. The second-order valence-electron chi connectivity index (χ2n) is 18.8. The van der Waals surface area contributed by atoms with Crippen LogP contribution in [-0.2, 0) is 6.18 Å². The summed E-state index contributed by atoms with van der Waals surface area (Å²) in [6.07, 6.45) is -4.76. The van der Waals surface area contributed by atoms with Gasteiger partial charge in [0.15, 0.2) is 11.4 Å². The van der Waals surface area contributed by atoms with Gasteiger partial charge in [-0.2, -0.15) is 29.0 Å². The fraction of sp³-hybridized carbons (Fsp3) is 0.0299. The minimum Gasteiger partial charge on any atom is -0.309 e. The van der Waals surface area contributed by atoms with Crippen molar-refractivity contribution in [3.8, 4) is 85.2 Å². The zero-order valence-electron chi connectivity index (χ0n) is 40.8. The van der Waals surface area contributed by atoms with Gasteiger partial charge in [-0.1, -0.05) is 109 Å². The van der Waals surface area contributed by atoms with E-state index < -0.39 is 11.7 Å². The molecular formula is C67H36F3N7. The molecule has 0 saturated carbocycles. The first kappa shape index (κ1) is 47.1. The summed E-state index contributed by atoms with van der Waals surface area (Å²) in [6.45, 7) is 16.7. The number of halogens is 3. The highest BCUT2D eigenvalue weighted by Gasteiger charge is 2.36. The highest BCUT2D eigenvalue weighted by molar-refractivity contribution is 6.14. The third-order valence-electron chi connectivity index (χ3n) is 14.4. The van der Waals surface area contributed by atoms with Crippen LogP contribution in [0.5, 0.6) is 0 Å². The number of hydrogen-bond donors (Lipinski definition) is 0. The molecule has 0 aliphatic carbocycles. The molecule has 0 atom stereocenters. The van der Waals surface area contributed by atoms with Gasteiger partial charge in [0, 0.05) is 27.1 Å². The lowest BCUT2D eigenvalue weighted by Crippen LogP contribution is -2.10. The Morgan fingerprint density at radius 3 is 1.13 bits per heavy atom. The van der Waals surface area contributed by atoms with Crippen LogP contribution in [0.1, 0.15) is 27.8 Å². The van der Waals surface area contributed by atoms with Crippen molar-refractivity contribution in [3.63, 3.8) is 0 Å². The molecule has 360 valence electrons. The molecule has 77 heavy (non-hydrogen) atoms. The van der Waals surface area contributed by atoms with E-state index in [0.717, 1.165) is 72.1 Å². The Labute approximate surface area is 440 Å². The largest absolute Gasteiger partial charge is 0.417 e. The van der Waals surface area contributed by atoms with E-state index in [1.54, 1.807) is 73.7 Å². The summed E-state index contributed by atoms with van der Waals surface area (Å²) in [6, 6.07) is 67.5. The highest BCUT2D eigenvalue weighted by Crippen LogP contribution is 2.47. The predicted octanol–water partition coefficient (Wildman–Crippen LogP) is 18.3. The van der Waals surface area contributed by atoms with Crippen LogP contribution in [-0.4, -0.2) is 9.13 Å². The van der Waals surface area contributed by atoms with E-state index >= 15 is 13.2 Å². The van der Waals surface area contributed by atoms with Crippen LogP contribution in [0.4, 0.5) is 24.5 Å². The van der Waals surface area contributed by atoms with E-state index in [9.17, 15) is 15.8 Å². The Morgan fingerprint density at radius 2 is 0.779 bits per heavy atom. The monoisotopic (exact) mass is 995 g/mol.